The second kappa shape index (κ2) is 12.1. The van der Waals surface area contributed by atoms with Crippen LogP contribution in [-0.4, -0.2) is 67.7 Å². The molecule has 4 atom stereocenters. The number of phenols is 1. The topological polar surface area (TPSA) is 119 Å². The molecule has 8 nitrogen and oxygen atoms in total. The Bertz CT molecular complexity index is 1280. The summed E-state index contributed by atoms with van der Waals surface area (Å²) >= 11 is 1.61. The summed E-state index contributed by atoms with van der Waals surface area (Å²) in [4.78, 5) is 42.4. The van der Waals surface area contributed by atoms with Gasteiger partial charge in [0.1, 0.15) is 11.8 Å². The minimum absolute atomic E-state index is 0.00885. The van der Waals surface area contributed by atoms with Crippen molar-refractivity contribution in [2.45, 2.75) is 80.8 Å². The van der Waals surface area contributed by atoms with Crippen LogP contribution < -0.4 is 10.6 Å². The molecule has 2 fully saturated rings. The lowest BCUT2D eigenvalue weighted by atomic mass is 9.77. The molecule has 4 N–H and O–H groups in total. The highest BCUT2D eigenvalue weighted by atomic mass is 32.2. The third-order valence-corrected chi connectivity index (χ3v) is 10.0. The lowest BCUT2D eigenvalue weighted by Gasteiger charge is -2.43. The van der Waals surface area contributed by atoms with Crippen LogP contribution in [0.15, 0.2) is 60.7 Å². The van der Waals surface area contributed by atoms with Crippen molar-refractivity contribution in [3.8, 4) is 5.75 Å². The summed E-state index contributed by atoms with van der Waals surface area (Å²) in [6.07, 6.45) is 8.31. The molecule has 0 bridgehead atoms. The van der Waals surface area contributed by atoms with Crippen LogP contribution in [0, 0.1) is 6.92 Å². The minimum Gasteiger partial charge on any atom is -0.508 e. The highest BCUT2D eigenvalue weighted by Crippen LogP contribution is 2.53. The average Bonchev–Trinajstić information content (AvgIpc) is 3.36. The van der Waals surface area contributed by atoms with E-state index in [1.54, 1.807) is 30.8 Å². The number of nitrogens with zero attached hydrogens (tertiary/aromatic N) is 1. The van der Waals surface area contributed by atoms with Crippen molar-refractivity contribution < 1.29 is 24.6 Å². The van der Waals surface area contributed by atoms with E-state index >= 15 is 0 Å². The van der Waals surface area contributed by atoms with Crippen LogP contribution in [0.25, 0.3) is 0 Å². The molecule has 212 valence electrons. The number of carbonyl (C=O) groups excluding carboxylic acids is 3. The fraction of sp³-hybridized carbons (Fsp3) is 0.452. The number of aliphatic hydroxyl groups is 1. The van der Waals surface area contributed by atoms with E-state index < -0.39 is 30.0 Å². The molecule has 40 heavy (non-hydrogen) atoms. The Kier molecular flexibility index (Phi) is 8.51. The first-order valence-electron chi connectivity index (χ1n) is 14.0. The number of hydrogen-bond acceptors (Lipinski definition) is 6. The molecule has 1 heterocycles. The number of benzene rings is 2. The number of rotatable bonds is 8. The average molecular weight is 564 g/mol. The summed E-state index contributed by atoms with van der Waals surface area (Å²) in [6, 6.07) is 12.3. The van der Waals surface area contributed by atoms with Gasteiger partial charge in [-0.05, 0) is 63.1 Å². The van der Waals surface area contributed by atoms with E-state index in [1.165, 1.54) is 11.0 Å². The standard InChI is InChI=1S/C31H37N3O5S/c1-20-23(14-8-15-25(20)35)28(37)33-24(18-21-10-4-2-5-11-21)26(36)30(39)34-19-40-31(16-9-17-31)27(34)29(38)32-22-12-6-3-7-13-22/h2,4-6,8,10-12,14-15,22,24,26-27,35-36H,3,7,9,13,16-19H2,1H3,(H,32,38)(H,33,37). The molecule has 2 aliphatic carbocycles. The number of amides is 3. The first kappa shape index (κ1) is 28.2. The summed E-state index contributed by atoms with van der Waals surface area (Å²) in [5.41, 5.74) is 1.52. The Morgan fingerprint density at radius 3 is 2.55 bits per heavy atom. The van der Waals surface area contributed by atoms with E-state index in [4.69, 9.17) is 0 Å². The normalized spacial score (nSPS) is 22.8. The number of thioether (sulfide) groups is 1. The molecule has 0 radical (unpaired) electrons. The summed E-state index contributed by atoms with van der Waals surface area (Å²) in [5, 5.41) is 27.6. The molecule has 1 spiro atoms. The molecule has 0 aromatic heterocycles. The van der Waals surface area contributed by atoms with E-state index in [0.29, 0.717) is 11.4 Å². The molecule has 1 saturated heterocycles. The lowest BCUT2D eigenvalue weighted by molar-refractivity contribution is -0.148. The van der Waals surface area contributed by atoms with Crippen LogP contribution in [0.1, 0.15) is 60.0 Å². The van der Waals surface area contributed by atoms with Crippen LogP contribution >= 0.6 is 11.8 Å². The van der Waals surface area contributed by atoms with E-state index in [0.717, 1.165) is 44.1 Å². The van der Waals surface area contributed by atoms with Crippen LogP contribution in [0.5, 0.6) is 5.75 Å². The van der Waals surface area contributed by atoms with Gasteiger partial charge in [-0.2, -0.15) is 0 Å². The molecule has 1 saturated carbocycles. The van der Waals surface area contributed by atoms with Gasteiger partial charge in [-0.3, -0.25) is 14.4 Å². The predicted octanol–water partition coefficient (Wildman–Crippen LogP) is 3.45. The van der Waals surface area contributed by atoms with Crippen molar-refractivity contribution in [2.75, 3.05) is 5.88 Å². The van der Waals surface area contributed by atoms with Crippen molar-refractivity contribution in [1.82, 2.24) is 15.5 Å². The van der Waals surface area contributed by atoms with Gasteiger partial charge in [0.05, 0.1) is 11.9 Å². The fourth-order valence-corrected chi connectivity index (χ4v) is 7.55. The molecule has 9 heteroatoms. The van der Waals surface area contributed by atoms with Crippen molar-refractivity contribution in [3.05, 3.63) is 77.4 Å². The quantitative estimate of drug-likeness (QED) is 0.366. The van der Waals surface area contributed by atoms with Crippen molar-refractivity contribution in [3.63, 3.8) is 0 Å². The Balaban J connectivity index is 1.38. The predicted molar refractivity (Wildman–Crippen MR) is 155 cm³/mol. The summed E-state index contributed by atoms with van der Waals surface area (Å²) in [7, 11) is 0. The molecular formula is C31H37N3O5S. The highest BCUT2D eigenvalue weighted by Gasteiger charge is 2.57. The monoisotopic (exact) mass is 563 g/mol. The Morgan fingerprint density at radius 1 is 1.10 bits per heavy atom. The summed E-state index contributed by atoms with van der Waals surface area (Å²) < 4.78 is -0.339. The maximum Gasteiger partial charge on any atom is 0.254 e. The number of aromatic hydroxyl groups is 1. The second-order valence-corrected chi connectivity index (χ2v) is 12.4. The Hall–Kier alpha value is -3.30. The highest BCUT2D eigenvalue weighted by molar-refractivity contribution is 8.01. The molecule has 1 aliphatic heterocycles. The zero-order valence-electron chi connectivity index (χ0n) is 22.7. The molecule has 2 aromatic rings. The van der Waals surface area contributed by atoms with Gasteiger partial charge in [0.25, 0.3) is 11.8 Å². The number of allylic oxidation sites excluding steroid dienone is 1. The first-order chi connectivity index (χ1) is 19.3. The van der Waals surface area contributed by atoms with Gasteiger partial charge in [-0.15, -0.1) is 11.8 Å². The van der Waals surface area contributed by atoms with Crippen LogP contribution in [-0.2, 0) is 16.0 Å². The number of phenolic OH excluding ortho intramolecular Hbond substituents is 1. The van der Waals surface area contributed by atoms with Gasteiger partial charge in [-0.25, -0.2) is 0 Å². The molecule has 2 aromatic carbocycles. The van der Waals surface area contributed by atoms with Gasteiger partial charge < -0.3 is 25.7 Å². The smallest absolute Gasteiger partial charge is 0.254 e. The van der Waals surface area contributed by atoms with E-state index in [9.17, 15) is 24.6 Å². The van der Waals surface area contributed by atoms with Gasteiger partial charge in [-0.1, -0.05) is 55.0 Å². The fourth-order valence-electron chi connectivity index (χ4n) is 5.91. The SMILES string of the molecule is Cc1c(O)cccc1C(=O)NC(Cc1ccccc1)C(O)C(=O)N1CSC2(CCC2)C1C(=O)NC1C=CCCC1. The van der Waals surface area contributed by atoms with Crippen molar-refractivity contribution >= 4 is 29.5 Å². The van der Waals surface area contributed by atoms with Crippen molar-refractivity contribution in [1.29, 1.82) is 0 Å². The Labute approximate surface area is 239 Å². The third kappa shape index (κ3) is 5.76. The van der Waals surface area contributed by atoms with Gasteiger partial charge in [0.2, 0.25) is 5.91 Å². The minimum atomic E-state index is -1.57. The van der Waals surface area contributed by atoms with E-state index in [2.05, 4.69) is 16.7 Å². The molecule has 3 amide bonds. The van der Waals surface area contributed by atoms with E-state index in [-0.39, 0.29) is 34.4 Å². The van der Waals surface area contributed by atoms with Crippen LogP contribution in [0.4, 0.5) is 0 Å². The maximum absolute atomic E-state index is 13.9. The van der Waals surface area contributed by atoms with Gasteiger partial charge in [0, 0.05) is 21.9 Å². The lowest BCUT2D eigenvalue weighted by Crippen LogP contribution is -2.62. The number of nitrogens with one attached hydrogen (secondary N) is 2. The Morgan fingerprint density at radius 2 is 1.88 bits per heavy atom. The summed E-state index contributed by atoms with van der Waals surface area (Å²) in [5.74, 6) is -0.937. The van der Waals surface area contributed by atoms with E-state index in [1.807, 2.05) is 36.4 Å². The number of carbonyl (C=O) groups is 3. The zero-order valence-corrected chi connectivity index (χ0v) is 23.5. The number of hydrogen-bond donors (Lipinski definition) is 4. The largest absolute Gasteiger partial charge is 0.508 e. The third-order valence-electron chi connectivity index (χ3n) is 8.41. The van der Waals surface area contributed by atoms with Crippen LogP contribution in [0.2, 0.25) is 0 Å². The van der Waals surface area contributed by atoms with Gasteiger partial charge >= 0.3 is 0 Å². The first-order valence-corrected chi connectivity index (χ1v) is 15.0. The number of aliphatic hydroxyl groups excluding tert-OH is 1. The molecule has 5 rings (SSSR count). The summed E-state index contributed by atoms with van der Waals surface area (Å²) in [6.45, 7) is 1.64. The second-order valence-electron chi connectivity index (χ2n) is 11.0. The maximum atomic E-state index is 13.9. The molecule has 4 unspecified atom stereocenters. The van der Waals surface area contributed by atoms with Crippen LogP contribution in [0.3, 0.4) is 0 Å². The zero-order chi connectivity index (χ0) is 28.3. The van der Waals surface area contributed by atoms with Crippen molar-refractivity contribution in [2.24, 2.45) is 0 Å². The molecular weight excluding hydrogens is 526 g/mol. The molecule has 3 aliphatic rings. The van der Waals surface area contributed by atoms with Gasteiger partial charge in [0.15, 0.2) is 6.10 Å².